The van der Waals surface area contributed by atoms with E-state index in [1.807, 2.05) is 11.3 Å². The summed E-state index contributed by atoms with van der Waals surface area (Å²) in [6, 6.07) is 8.19. The van der Waals surface area contributed by atoms with Gasteiger partial charge in [0.05, 0.1) is 6.54 Å². The zero-order valence-electron chi connectivity index (χ0n) is 13.7. The highest BCUT2D eigenvalue weighted by Crippen LogP contribution is 2.33. The zero-order chi connectivity index (χ0) is 16.7. The summed E-state index contributed by atoms with van der Waals surface area (Å²) in [5, 5.41) is 4.03. The Balaban J connectivity index is 1.58. The highest BCUT2D eigenvalue weighted by Gasteiger charge is 2.38. The molecule has 24 heavy (non-hydrogen) atoms. The van der Waals surface area contributed by atoms with Crippen molar-refractivity contribution in [2.75, 3.05) is 26.2 Å². The van der Waals surface area contributed by atoms with Gasteiger partial charge in [0.15, 0.2) is 0 Å². The third-order valence-electron chi connectivity index (χ3n) is 4.99. The molecule has 2 saturated heterocycles. The van der Waals surface area contributed by atoms with E-state index >= 15 is 0 Å². The Morgan fingerprint density at radius 2 is 2.08 bits per heavy atom. The van der Waals surface area contributed by atoms with Gasteiger partial charge in [0, 0.05) is 35.8 Å². The van der Waals surface area contributed by atoms with Crippen molar-refractivity contribution in [1.82, 2.24) is 15.1 Å². The molecule has 1 aromatic heterocycles. The molecule has 1 unspecified atom stereocenters. The van der Waals surface area contributed by atoms with Crippen molar-refractivity contribution < 1.29 is 9.59 Å². The largest absolute Gasteiger partial charge is 0.345 e. The number of nitrogens with one attached hydrogen (secondary N) is 1. The van der Waals surface area contributed by atoms with E-state index in [2.05, 4.69) is 41.4 Å². The van der Waals surface area contributed by atoms with Gasteiger partial charge in [-0.15, -0.1) is 11.3 Å². The molecule has 1 aromatic carbocycles. The lowest BCUT2D eigenvalue weighted by atomic mass is 10.1. The number of nitrogens with zero attached hydrogens (tertiary/aromatic N) is 2. The fourth-order valence-electron chi connectivity index (χ4n) is 3.72. The molecule has 2 fully saturated rings. The second-order valence-corrected chi connectivity index (χ2v) is 7.55. The molecule has 4 rings (SSSR count). The molecule has 2 aromatic rings. The Labute approximate surface area is 145 Å². The normalized spacial score (nSPS) is 21.9. The second kappa shape index (κ2) is 6.18. The maximum absolute atomic E-state index is 12.1. The van der Waals surface area contributed by atoms with Crippen LogP contribution in [-0.4, -0.2) is 53.8 Å². The third kappa shape index (κ3) is 2.59. The summed E-state index contributed by atoms with van der Waals surface area (Å²) in [6.07, 6.45) is 1.02. The second-order valence-electron chi connectivity index (χ2n) is 6.41. The summed E-state index contributed by atoms with van der Waals surface area (Å²) in [4.78, 5) is 29.6. The molecule has 2 aliphatic rings. The quantitative estimate of drug-likeness (QED) is 0.921. The Morgan fingerprint density at radius 1 is 1.25 bits per heavy atom. The summed E-state index contributed by atoms with van der Waals surface area (Å²) in [6.45, 7) is 5.26. The van der Waals surface area contributed by atoms with Gasteiger partial charge in [0.2, 0.25) is 11.8 Å². The molecule has 0 spiro atoms. The van der Waals surface area contributed by atoms with Crippen LogP contribution in [0.5, 0.6) is 0 Å². The molecule has 0 radical (unpaired) electrons. The maximum atomic E-state index is 12.1. The number of carbonyl (C=O) groups is 2. The minimum absolute atomic E-state index is 0.0230. The van der Waals surface area contributed by atoms with Crippen LogP contribution < -0.4 is 5.32 Å². The van der Waals surface area contributed by atoms with Gasteiger partial charge in [-0.1, -0.05) is 25.1 Å². The van der Waals surface area contributed by atoms with Gasteiger partial charge in [0.1, 0.15) is 6.04 Å². The number of thiophene rings is 1. The summed E-state index contributed by atoms with van der Waals surface area (Å²) in [5.41, 5.74) is 1.38. The maximum Gasteiger partial charge on any atom is 0.244 e. The number of amides is 2. The molecule has 0 saturated carbocycles. The van der Waals surface area contributed by atoms with E-state index in [1.54, 1.807) is 4.90 Å². The van der Waals surface area contributed by atoms with Crippen LogP contribution in [0.4, 0.5) is 0 Å². The van der Waals surface area contributed by atoms with Gasteiger partial charge in [-0.05, 0) is 23.4 Å². The first-order chi connectivity index (χ1) is 11.7. The summed E-state index contributed by atoms with van der Waals surface area (Å²) in [7, 11) is 0. The lowest BCUT2D eigenvalue weighted by Crippen LogP contribution is -2.65. The van der Waals surface area contributed by atoms with Crippen molar-refractivity contribution in [3.8, 4) is 0 Å². The van der Waals surface area contributed by atoms with E-state index < -0.39 is 0 Å². The fourth-order valence-corrected chi connectivity index (χ4v) is 4.88. The van der Waals surface area contributed by atoms with E-state index in [9.17, 15) is 9.59 Å². The highest BCUT2D eigenvalue weighted by atomic mass is 32.1. The van der Waals surface area contributed by atoms with Gasteiger partial charge in [0.25, 0.3) is 0 Å². The van der Waals surface area contributed by atoms with Crippen LogP contribution in [0.25, 0.3) is 10.1 Å². The van der Waals surface area contributed by atoms with Crippen molar-refractivity contribution in [1.29, 1.82) is 0 Å². The molecule has 1 atom stereocenters. The van der Waals surface area contributed by atoms with Gasteiger partial charge in [-0.25, -0.2) is 0 Å². The predicted octanol–water partition coefficient (Wildman–Crippen LogP) is 1.61. The monoisotopic (exact) mass is 343 g/mol. The Kier molecular flexibility index (Phi) is 4.02. The molecular formula is C18H21N3O2S. The van der Waals surface area contributed by atoms with Crippen molar-refractivity contribution in [3.05, 3.63) is 34.7 Å². The number of hydrogen-bond donors (Lipinski definition) is 1. The van der Waals surface area contributed by atoms with E-state index in [0.717, 1.165) is 19.5 Å². The molecule has 126 valence electrons. The van der Waals surface area contributed by atoms with Crippen LogP contribution >= 0.6 is 11.3 Å². The summed E-state index contributed by atoms with van der Waals surface area (Å²) >= 11 is 1.87. The van der Waals surface area contributed by atoms with Crippen LogP contribution in [-0.2, 0) is 22.6 Å². The van der Waals surface area contributed by atoms with Crippen LogP contribution in [0, 0.1) is 0 Å². The first-order valence-corrected chi connectivity index (χ1v) is 9.28. The van der Waals surface area contributed by atoms with Crippen LogP contribution in [0.3, 0.4) is 0 Å². The molecule has 5 nitrogen and oxygen atoms in total. The summed E-state index contributed by atoms with van der Waals surface area (Å²) < 4.78 is 1.33. The predicted molar refractivity (Wildman–Crippen MR) is 95.0 cm³/mol. The van der Waals surface area contributed by atoms with E-state index in [4.69, 9.17) is 0 Å². The van der Waals surface area contributed by atoms with Crippen LogP contribution in [0.1, 0.15) is 17.4 Å². The topological polar surface area (TPSA) is 52.6 Å². The molecular weight excluding hydrogens is 322 g/mol. The number of rotatable bonds is 3. The number of aryl methyl sites for hydroxylation is 1. The van der Waals surface area contributed by atoms with Crippen molar-refractivity contribution in [3.63, 3.8) is 0 Å². The number of benzene rings is 1. The molecule has 2 aliphatic heterocycles. The smallest absolute Gasteiger partial charge is 0.244 e. The standard InChI is InChI=1S/C18H21N3O2S/c1-2-15-13(12-5-3-4-6-16(12)24-15)10-20-7-8-21-14(11-20)18(23)19-9-17(21)22/h3-6,14H,2,7-11H2,1H3,(H,19,23). The Morgan fingerprint density at radius 3 is 2.92 bits per heavy atom. The molecule has 0 aliphatic carbocycles. The molecule has 6 heteroatoms. The fraction of sp³-hybridized carbons (Fsp3) is 0.444. The number of fused-ring (bicyclic) bond motifs is 2. The minimum atomic E-state index is -0.338. The SMILES string of the molecule is CCc1sc2ccccc2c1CN1CCN2C(=O)CNC(=O)C2C1. The molecule has 3 heterocycles. The highest BCUT2D eigenvalue weighted by molar-refractivity contribution is 7.19. The first kappa shape index (κ1) is 15.6. The molecule has 0 bridgehead atoms. The van der Waals surface area contributed by atoms with Gasteiger partial charge in [-0.2, -0.15) is 0 Å². The van der Waals surface area contributed by atoms with Crippen molar-refractivity contribution >= 4 is 33.2 Å². The van der Waals surface area contributed by atoms with Gasteiger partial charge >= 0.3 is 0 Å². The first-order valence-electron chi connectivity index (χ1n) is 8.46. The number of piperazine rings is 2. The minimum Gasteiger partial charge on any atom is -0.345 e. The summed E-state index contributed by atoms with van der Waals surface area (Å²) in [5.74, 6) is 0.0136. The number of carbonyl (C=O) groups excluding carboxylic acids is 2. The van der Waals surface area contributed by atoms with E-state index in [0.29, 0.717) is 13.1 Å². The van der Waals surface area contributed by atoms with Crippen molar-refractivity contribution in [2.24, 2.45) is 0 Å². The van der Waals surface area contributed by atoms with Gasteiger partial charge < -0.3 is 10.2 Å². The molecule has 1 N–H and O–H groups in total. The lowest BCUT2D eigenvalue weighted by Gasteiger charge is -2.43. The average molecular weight is 343 g/mol. The molecule has 2 amide bonds. The van der Waals surface area contributed by atoms with Crippen molar-refractivity contribution in [2.45, 2.75) is 25.9 Å². The third-order valence-corrected chi connectivity index (χ3v) is 6.34. The zero-order valence-corrected chi connectivity index (χ0v) is 14.6. The number of hydrogen-bond acceptors (Lipinski definition) is 4. The Hall–Kier alpha value is -1.92. The Bertz CT molecular complexity index is 801. The lowest BCUT2D eigenvalue weighted by molar-refractivity contribution is -0.149. The van der Waals surface area contributed by atoms with E-state index in [-0.39, 0.29) is 24.4 Å². The van der Waals surface area contributed by atoms with E-state index in [1.165, 1.54) is 20.5 Å². The average Bonchev–Trinajstić information content (AvgIpc) is 2.96. The van der Waals surface area contributed by atoms with Gasteiger partial charge in [-0.3, -0.25) is 14.5 Å². The van der Waals surface area contributed by atoms with Crippen LogP contribution in [0.2, 0.25) is 0 Å². The van der Waals surface area contributed by atoms with Crippen LogP contribution in [0.15, 0.2) is 24.3 Å².